The summed E-state index contributed by atoms with van der Waals surface area (Å²) in [6, 6.07) is 13.6. The van der Waals surface area contributed by atoms with Crippen LogP contribution in [-0.2, 0) is 0 Å². The second kappa shape index (κ2) is 11.4. The van der Waals surface area contributed by atoms with Gasteiger partial charge < -0.3 is 5.11 Å². The van der Waals surface area contributed by atoms with Gasteiger partial charge in [0, 0.05) is 64.5 Å². The molecule has 4 rings (SSSR count). The maximum atomic E-state index is 12.0. The van der Waals surface area contributed by atoms with Crippen molar-refractivity contribution in [2.24, 2.45) is 0 Å². The van der Waals surface area contributed by atoms with Gasteiger partial charge in [-0.1, -0.05) is 36.4 Å². The molecule has 149 valence electrons. The summed E-state index contributed by atoms with van der Waals surface area (Å²) < 4.78 is 0. The van der Waals surface area contributed by atoms with Crippen molar-refractivity contribution in [2.75, 3.05) is 13.2 Å². The van der Waals surface area contributed by atoms with Crippen LogP contribution in [0.2, 0.25) is 0 Å². The molecule has 7 nitrogen and oxygen atoms in total. The second-order valence-electron chi connectivity index (χ2n) is 6.41. The van der Waals surface area contributed by atoms with E-state index in [-0.39, 0.29) is 81.6 Å². The SMILES string of the molecule is O=C1NC(=O)c2ccccc21.O=C1c2ccccc2C(=O)N1CCC=CCCO.[K]. The van der Waals surface area contributed by atoms with Crippen molar-refractivity contribution in [3.8, 4) is 0 Å². The third kappa shape index (κ3) is 5.40. The second-order valence-corrected chi connectivity index (χ2v) is 6.41. The fraction of sp³-hybridized carbons (Fsp3) is 0.182. The standard InChI is InChI=1S/C14H15NO3.C8H5NO2.K/c16-10-6-2-1-5-9-15-13(17)11-7-3-4-8-12(11)14(15)18;10-7-5-3-1-2-4-6(5)8(11)9-7;/h1-4,7-8,16H,5-6,9-10H2;1-4H,(H,9,10,11);. The normalized spacial score (nSPS) is 14.1. The quantitative estimate of drug-likeness (QED) is 0.427. The van der Waals surface area contributed by atoms with E-state index >= 15 is 0 Å². The molecule has 0 fully saturated rings. The average molecular weight is 432 g/mol. The number of hydrogen-bond donors (Lipinski definition) is 2. The molecule has 2 heterocycles. The molecular weight excluding hydrogens is 411 g/mol. The van der Waals surface area contributed by atoms with Gasteiger partial charge >= 0.3 is 0 Å². The molecule has 0 saturated carbocycles. The Balaban J connectivity index is 0.000000229. The number of nitrogens with one attached hydrogen (secondary N) is 1. The molecule has 2 aliphatic heterocycles. The van der Waals surface area contributed by atoms with E-state index < -0.39 is 0 Å². The number of carbonyl (C=O) groups excluding carboxylic acids is 4. The van der Waals surface area contributed by atoms with Gasteiger partial charge in [-0.2, -0.15) is 0 Å². The van der Waals surface area contributed by atoms with Gasteiger partial charge in [0.05, 0.1) is 22.3 Å². The van der Waals surface area contributed by atoms with Crippen molar-refractivity contribution in [2.45, 2.75) is 12.8 Å². The smallest absolute Gasteiger partial charge is 0.261 e. The number of amides is 4. The van der Waals surface area contributed by atoms with Crippen molar-refractivity contribution in [1.82, 2.24) is 10.2 Å². The third-order valence-electron chi connectivity index (χ3n) is 4.50. The van der Waals surface area contributed by atoms with Crippen molar-refractivity contribution in [3.63, 3.8) is 0 Å². The van der Waals surface area contributed by atoms with E-state index in [1.165, 1.54) is 4.90 Å². The molecule has 4 amide bonds. The van der Waals surface area contributed by atoms with Crippen LogP contribution in [0.5, 0.6) is 0 Å². The number of hydrogen-bond acceptors (Lipinski definition) is 5. The van der Waals surface area contributed by atoms with Gasteiger partial charge in [0.2, 0.25) is 0 Å². The van der Waals surface area contributed by atoms with Crippen LogP contribution in [0.4, 0.5) is 0 Å². The van der Waals surface area contributed by atoms with Crippen molar-refractivity contribution in [1.29, 1.82) is 0 Å². The predicted octanol–water partition coefficient (Wildman–Crippen LogP) is 1.80. The molecule has 0 aromatic heterocycles. The first-order valence-electron chi connectivity index (χ1n) is 9.20. The molecule has 2 aliphatic rings. The molecule has 30 heavy (non-hydrogen) atoms. The van der Waals surface area contributed by atoms with E-state index in [1.54, 1.807) is 48.5 Å². The molecule has 0 atom stereocenters. The molecule has 2 aromatic carbocycles. The van der Waals surface area contributed by atoms with Crippen LogP contribution in [0.3, 0.4) is 0 Å². The number of rotatable bonds is 5. The minimum absolute atomic E-state index is 0. The molecule has 1 radical (unpaired) electrons. The summed E-state index contributed by atoms with van der Waals surface area (Å²) in [5.41, 5.74) is 1.92. The third-order valence-corrected chi connectivity index (χ3v) is 4.50. The summed E-state index contributed by atoms with van der Waals surface area (Å²) in [4.78, 5) is 47.1. The van der Waals surface area contributed by atoms with Crippen molar-refractivity contribution < 1.29 is 24.3 Å². The Bertz CT molecular complexity index is 935. The van der Waals surface area contributed by atoms with E-state index in [4.69, 9.17) is 5.11 Å². The maximum Gasteiger partial charge on any atom is 0.261 e. The van der Waals surface area contributed by atoms with Crippen LogP contribution < -0.4 is 5.32 Å². The Labute approximate surface area is 216 Å². The molecule has 2 N–H and O–H groups in total. The summed E-state index contributed by atoms with van der Waals surface area (Å²) in [6.45, 7) is 0.498. The number of carbonyl (C=O) groups is 4. The summed E-state index contributed by atoms with van der Waals surface area (Å²) in [5, 5.41) is 10.8. The fourth-order valence-electron chi connectivity index (χ4n) is 3.07. The predicted molar refractivity (Wildman–Crippen MR) is 111 cm³/mol. The Hall–Kier alpha value is -1.94. The Morgan fingerprint density at radius 3 is 1.63 bits per heavy atom. The average Bonchev–Trinajstić information content (AvgIpc) is 3.17. The van der Waals surface area contributed by atoms with Crippen LogP contribution in [0.1, 0.15) is 54.3 Å². The number of fused-ring (bicyclic) bond motifs is 2. The first kappa shape index (κ1) is 24.3. The first-order chi connectivity index (χ1) is 14.0. The zero-order valence-electron chi connectivity index (χ0n) is 16.6. The summed E-state index contributed by atoms with van der Waals surface area (Å²) in [6.07, 6.45) is 4.94. The summed E-state index contributed by atoms with van der Waals surface area (Å²) in [5.74, 6) is -1.03. The fourth-order valence-corrected chi connectivity index (χ4v) is 3.07. The van der Waals surface area contributed by atoms with E-state index in [9.17, 15) is 19.2 Å². The number of imide groups is 2. The van der Waals surface area contributed by atoms with Gasteiger partial charge in [-0.05, 0) is 37.1 Å². The molecule has 0 unspecified atom stereocenters. The minimum Gasteiger partial charge on any atom is -0.396 e. The van der Waals surface area contributed by atoms with Gasteiger partial charge in [0.1, 0.15) is 0 Å². The van der Waals surface area contributed by atoms with E-state index in [1.807, 2.05) is 12.2 Å². The minimum atomic E-state index is -0.300. The molecule has 0 bridgehead atoms. The van der Waals surface area contributed by atoms with Crippen molar-refractivity contribution >= 4 is 75.0 Å². The van der Waals surface area contributed by atoms with Gasteiger partial charge in [-0.15, -0.1) is 0 Å². The van der Waals surface area contributed by atoms with Crippen LogP contribution in [0.25, 0.3) is 0 Å². The van der Waals surface area contributed by atoms with Gasteiger partial charge in [0.15, 0.2) is 0 Å². The number of aliphatic hydroxyl groups excluding tert-OH is 1. The number of nitrogens with zero attached hydrogens (tertiary/aromatic N) is 1. The molecule has 0 spiro atoms. The topological polar surface area (TPSA) is 104 Å². The molecule has 0 saturated heterocycles. The Morgan fingerprint density at radius 1 is 0.733 bits per heavy atom. The Kier molecular flexibility index (Phi) is 9.28. The van der Waals surface area contributed by atoms with Crippen LogP contribution in [-0.4, -0.2) is 98.2 Å². The van der Waals surface area contributed by atoms with Crippen LogP contribution in [0, 0.1) is 0 Å². The largest absolute Gasteiger partial charge is 0.396 e. The zero-order chi connectivity index (χ0) is 20.8. The molecular formula is C22H20KN2O5. The molecule has 2 aromatic rings. The van der Waals surface area contributed by atoms with E-state index in [0.717, 1.165) is 0 Å². The van der Waals surface area contributed by atoms with E-state index in [0.29, 0.717) is 41.6 Å². The first-order valence-corrected chi connectivity index (χ1v) is 9.20. The zero-order valence-corrected chi connectivity index (χ0v) is 19.8. The van der Waals surface area contributed by atoms with Crippen LogP contribution in [0.15, 0.2) is 60.7 Å². The van der Waals surface area contributed by atoms with Crippen molar-refractivity contribution in [3.05, 3.63) is 82.9 Å². The maximum absolute atomic E-state index is 12.0. The van der Waals surface area contributed by atoms with Gasteiger partial charge in [-0.3, -0.25) is 29.4 Å². The number of benzene rings is 2. The number of aliphatic hydroxyl groups is 1. The Morgan fingerprint density at radius 2 is 1.17 bits per heavy atom. The monoisotopic (exact) mass is 431 g/mol. The summed E-state index contributed by atoms with van der Waals surface area (Å²) in [7, 11) is 0. The summed E-state index contributed by atoms with van der Waals surface area (Å²) >= 11 is 0. The molecule has 8 heteroatoms. The van der Waals surface area contributed by atoms with Gasteiger partial charge in [0.25, 0.3) is 23.6 Å². The van der Waals surface area contributed by atoms with Crippen LogP contribution >= 0.6 is 0 Å². The molecule has 0 aliphatic carbocycles. The van der Waals surface area contributed by atoms with Gasteiger partial charge in [-0.25, -0.2) is 0 Å². The van der Waals surface area contributed by atoms with E-state index in [2.05, 4.69) is 5.32 Å².